The zero-order chi connectivity index (χ0) is 17.6. The van der Waals surface area contributed by atoms with E-state index in [1.807, 2.05) is 6.07 Å². The van der Waals surface area contributed by atoms with Gasteiger partial charge in [-0.25, -0.2) is 9.97 Å². The minimum atomic E-state index is -3.00. The van der Waals surface area contributed by atoms with Gasteiger partial charge in [0.05, 0.1) is 5.56 Å². The lowest BCUT2D eigenvalue weighted by atomic mass is 10.1. The van der Waals surface area contributed by atoms with Gasteiger partial charge < -0.3 is 10.1 Å². The molecular weight excluding hydrogens is 330 g/mol. The number of pyridine rings is 1. The standard InChI is InChI=1S/C17H14F2N4O2/c18-17(19)25-14-6-2-1-5-13(14)16(24)22-10-12-4-3-7-21-15(12)23-9-8-20-11-23/h1-9,11,17H,10H2,(H,22,24). The van der Waals surface area contributed by atoms with Crippen LogP contribution in [0.1, 0.15) is 15.9 Å². The van der Waals surface area contributed by atoms with E-state index in [0.717, 1.165) is 5.56 Å². The summed E-state index contributed by atoms with van der Waals surface area (Å²) in [6, 6.07) is 9.40. The Hall–Kier alpha value is -3.29. The zero-order valence-corrected chi connectivity index (χ0v) is 13.0. The predicted molar refractivity (Wildman–Crippen MR) is 85.6 cm³/mol. The number of hydrogen-bond donors (Lipinski definition) is 1. The Labute approximate surface area is 142 Å². The number of rotatable bonds is 6. The van der Waals surface area contributed by atoms with Gasteiger partial charge in [-0.15, -0.1) is 0 Å². The molecule has 2 aromatic heterocycles. The molecule has 8 heteroatoms. The van der Waals surface area contributed by atoms with Gasteiger partial charge in [-0.05, 0) is 18.2 Å². The molecule has 0 aliphatic heterocycles. The third-order valence-corrected chi connectivity index (χ3v) is 3.40. The van der Waals surface area contributed by atoms with Crippen molar-refractivity contribution in [3.05, 3.63) is 72.4 Å². The van der Waals surface area contributed by atoms with E-state index in [4.69, 9.17) is 0 Å². The van der Waals surface area contributed by atoms with Crippen molar-refractivity contribution in [3.63, 3.8) is 0 Å². The van der Waals surface area contributed by atoms with E-state index < -0.39 is 12.5 Å². The number of nitrogens with one attached hydrogen (secondary N) is 1. The van der Waals surface area contributed by atoms with E-state index >= 15 is 0 Å². The maximum Gasteiger partial charge on any atom is 0.387 e. The highest BCUT2D eigenvalue weighted by Gasteiger charge is 2.15. The van der Waals surface area contributed by atoms with Crippen molar-refractivity contribution < 1.29 is 18.3 Å². The molecule has 0 radical (unpaired) electrons. The lowest BCUT2D eigenvalue weighted by Gasteiger charge is -2.12. The second-order valence-electron chi connectivity index (χ2n) is 5.01. The van der Waals surface area contributed by atoms with Crippen molar-refractivity contribution in [2.24, 2.45) is 0 Å². The van der Waals surface area contributed by atoms with Crippen molar-refractivity contribution in [1.82, 2.24) is 19.9 Å². The Morgan fingerprint density at radius 2 is 2.04 bits per heavy atom. The van der Waals surface area contributed by atoms with Crippen LogP contribution in [-0.4, -0.2) is 27.1 Å². The van der Waals surface area contributed by atoms with Gasteiger partial charge in [-0.2, -0.15) is 8.78 Å². The number of imidazole rings is 1. The first-order valence-corrected chi connectivity index (χ1v) is 7.39. The van der Waals surface area contributed by atoms with Crippen molar-refractivity contribution in [1.29, 1.82) is 0 Å². The summed E-state index contributed by atoms with van der Waals surface area (Å²) in [6.07, 6.45) is 6.58. The smallest absolute Gasteiger partial charge is 0.387 e. The summed E-state index contributed by atoms with van der Waals surface area (Å²) in [7, 11) is 0. The third-order valence-electron chi connectivity index (χ3n) is 3.40. The van der Waals surface area contributed by atoms with Crippen LogP contribution in [0.3, 0.4) is 0 Å². The van der Waals surface area contributed by atoms with Gasteiger partial charge in [-0.1, -0.05) is 18.2 Å². The fourth-order valence-electron chi connectivity index (χ4n) is 2.31. The molecule has 0 saturated heterocycles. The Morgan fingerprint density at radius 3 is 2.80 bits per heavy atom. The Kier molecular flexibility index (Phi) is 4.98. The number of nitrogens with zero attached hydrogens (tertiary/aromatic N) is 3. The number of ether oxygens (including phenoxy) is 1. The van der Waals surface area contributed by atoms with E-state index in [1.165, 1.54) is 18.2 Å². The van der Waals surface area contributed by atoms with Gasteiger partial charge in [0.25, 0.3) is 5.91 Å². The van der Waals surface area contributed by atoms with Crippen LogP contribution in [0.25, 0.3) is 5.82 Å². The van der Waals surface area contributed by atoms with Crippen molar-refractivity contribution in [3.8, 4) is 11.6 Å². The average Bonchev–Trinajstić information content (AvgIpc) is 3.14. The summed E-state index contributed by atoms with van der Waals surface area (Å²) in [5.41, 5.74) is 0.789. The maximum absolute atomic E-state index is 12.5. The van der Waals surface area contributed by atoms with Crippen LogP contribution in [-0.2, 0) is 6.54 Å². The summed E-state index contributed by atoms with van der Waals surface area (Å²) in [6.45, 7) is -2.83. The van der Waals surface area contributed by atoms with E-state index in [0.29, 0.717) is 5.82 Å². The molecule has 1 amide bonds. The van der Waals surface area contributed by atoms with Crippen molar-refractivity contribution >= 4 is 5.91 Å². The summed E-state index contributed by atoms with van der Waals surface area (Å²) in [5.74, 6) is -0.0647. The monoisotopic (exact) mass is 344 g/mol. The molecule has 0 saturated carbocycles. The van der Waals surface area contributed by atoms with Gasteiger partial charge in [-0.3, -0.25) is 9.36 Å². The maximum atomic E-state index is 12.5. The molecular formula is C17H14F2N4O2. The van der Waals surface area contributed by atoms with Crippen LogP contribution < -0.4 is 10.1 Å². The highest BCUT2D eigenvalue weighted by Crippen LogP contribution is 2.20. The molecule has 2 heterocycles. The molecule has 128 valence electrons. The van der Waals surface area contributed by atoms with E-state index in [1.54, 1.807) is 41.6 Å². The molecule has 0 aliphatic carbocycles. The molecule has 0 atom stereocenters. The fourth-order valence-corrected chi connectivity index (χ4v) is 2.31. The number of carbonyl (C=O) groups is 1. The first-order valence-electron chi connectivity index (χ1n) is 7.39. The molecule has 1 aromatic carbocycles. The van der Waals surface area contributed by atoms with Crippen LogP contribution in [0.5, 0.6) is 5.75 Å². The minimum Gasteiger partial charge on any atom is -0.434 e. The van der Waals surface area contributed by atoms with E-state index in [-0.39, 0.29) is 17.9 Å². The number of aromatic nitrogens is 3. The molecule has 3 aromatic rings. The summed E-state index contributed by atoms with van der Waals surface area (Å²) in [4.78, 5) is 20.6. The lowest BCUT2D eigenvalue weighted by Crippen LogP contribution is -2.24. The van der Waals surface area contributed by atoms with Crippen LogP contribution >= 0.6 is 0 Å². The zero-order valence-electron chi connectivity index (χ0n) is 13.0. The van der Waals surface area contributed by atoms with Gasteiger partial charge >= 0.3 is 6.61 Å². The Bertz CT molecular complexity index is 853. The SMILES string of the molecule is O=C(NCc1cccnc1-n1ccnc1)c1ccccc1OC(F)F. The van der Waals surface area contributed by atoms with E-state index in [2.05, 4.69) is 20.0 Å². The molecule has 25 heavy (non-hydrogen) atoms. The first kappa shape index (κ1) is 16.6. The number of benzene rings is 1. The van der Waals surface area contributed by atoms with Crippen molar-refractivity contribution in [2.45, 2.75) is 13.2 Å². The topological polar surface area (TPSA) is 69.0 Å². The second-order valence-corrected chi connectivity index (χ2v) is 5.01. The largest absolute Gasteiger partial charge is 0.434 e. The predicted octanol–water partition coefficient (Wildman–Crippen LogP) is 2.80. The summed E-state index contributed by atoms with van der Waals surface area (Å²) < 4.78 is 31.0. The van der Waals surface area contributed by atoms with Gasteiger partial charge in [0.15, 0.2) is 0 Å². The molecule has 0 unspecified atom stereocenters. The molecule has 0 spiro atoms. The van der Waals surface area contributed by atoms with Gasteiger partial charge in [0, 0.05) is 30.7 Å². The average molecular weight is 344 g/mol. The fraction of sp³-hybridized carbons (Fsp3) is 0.118. The normalized spacial score (nSPS) is 10.7. The quantitative estimate of drug-likeness (QED) is 0.747. The number of hydrogen-bond acceptors (Lipinski definition) is 4. The van der Waals surface area contributed by atoms with Gasteiger partial charge in [0.2, 0.25) is 0 Å². The number of halogens is 2. The molecule has 0 aliphatic rings. The lowest BCUT2D eigenvalue weighted by molar-refractivity contribution is -0.0501. The summed E-state index contributed by atoms with van der Waals surface area (Å²) >= 11 is 0. The van der Waals surface area contributed by atoms with Crippen LogP contribution in [0, 0.1) is 0 Å². The van der Waals surface area contributed by atoms with Crippen LogP contribution in [0.15, 0.2) is 61.3 Å². The van der Waals surface area contributed by atoms with Crippen molar-refractivity contribution in [2.75, 3.05) is 0 Å². The molecule has 1 N–H and O–H groups in total. The number of carbonyl (C=O) groups excluding carboxylic acids is 1. The van der Waals surface area contributed by atoms with E-state index in [9.17, 15) is 13.6 Å². The molecule has 0 bridgehead atoms. The van der Waals surface area contributed by atoms with Gasteiger partial charge in [0.1, 0.15) is 17.9 Å². The highest BCUT2D eigenvalue weighted by molar-refractivity contribution is 5.96. The first-order chi connectivity index (χ1) is 12.1. The second kappa shape index (κ2) is 7.52. The van der Waals surface area contributed by atoms with Crippen LogP contribution in [0.2, 0.25) is 0 Å². The molecule has 6 nitrogen and oxygen atoms in total. The molecule has 3 rings (SSSR count). The Balaban J connectivity index is 1.76. The third kappa shape index (κ3) is 3.97. The molecule has 0 fully saturated rings. The van der Waals surface area contributed by atoms with Crippen LogP contribution in [0.4, 0.5) is 8.78 Å². The number of alkyl halides is 2. The number of para-hydroxylation sites is 1. The highest BCUT2D eigenvalue weighted by atomic mass is 19.3. The number of amides is 1. The minimum absolute atomic E-state index is 0.0378. The summed E-state index contributed by atoms with van der Waals surface area (Å²) in [5, 5.41) is 2.69. The Morgan fingerprint density at radius 1 is 1.20 bits per heavy atom.